The molecule has 0 aliphatic rings. The third kappa shape index (κ3) is 1.75. The molecule has 0 bridgehead atoms. The predicted octanol–water partition coefficient (Wildman–Crippen LogP) is 1.04. The van der Waals surface area contributed by atoms with Crippen molar-refractivity contribution in [3.63, 3.8) is 0 Å². The second kappa shape index (κ2) is 4.09. The Labute approximate surface area is 71.8 Å². The van der Waals surface area contributed by atoms with Crippen molar-refractivity contribution in [2.24, 2.45) is 5.73 Å². The second-order valence-electron chi connectivity index (χ2n) is 2.52. The molecule has 3 N–H and O–H groups in total. The number of rotatable bonds is 3. The van der Waals surface area contributed by atoms with E-state index >= 15 is 0 Å². The Morgan fingerprint density at radius 3 is 2.67 bits per heavy atom. The highest BCUT2D eigenvalue weighted by Crippen LogP contribution is 2.24. The molecule has 0 amide bonds. The van der Waals surface area contributed by atoms with Crippen LogP contribution in [0.5, 0.6) is 5.75 Å². The predicted molar refractivity (Wildman–Crippen MR) is 46.9 cm³/mol. The molecule has 0 aliphatic carbocycles. The summed E-state index contributed by atoms with van der Waals surface area (Å²) in [6, 6.07) is 7.03. The van der Waals surface area contributed by atoms with Crippen LogP contribution in [0.15, 0.2) is 24.3 Å². The zero-order valence-corrected chi connectivity index (χ0v) is 7.03. The van der Waals surface area contributed by atoms with Crippen LogP contribution in [0.25, 0.3) is 0 Å². The molecule has 0 saturated carbocycles. The third-order valence-corrected chi connectivity index (χ3v) is 1.78. The molecule has 1 aromatic rings. The maximum absolute atomic E-state index is 9.41. The van der Waals surface area contributed by atoms with Gasteiger partial charge in [-0.3, -0.25) is 0 Å². The van der Waals surface area contributed by atoms with Gasteiger partial charge in [0.25, 0.3) is 0 Å². The first kappa shape index (κ1) is 9.03. The zero-order valence-electron chi connectivity index (χ0n) is 7.03. The van der Waals surface area contributed by atoms with E-state index in [1.807, 2.05) is 6.07 Å². The van der Waals surface area contributed by atoms with Crippen molar-refractivity contribution in [2.45, 2.75) is 6.10 Å². The fourth-order valence-corrected chi connectivity index (χ4v) is 1.11. The van der Waals surface area contributed by atoms with Gasteiger partial charge in [0.05, 0.1) is 6.10 Å². The number of aromatic hydroxyl groups is 1. The summed E-state index contributed by atoms with van der Waals surface area (Å²) in [5, 5.41) is 9.41. The fourth-order valence-electron chi connectivity index (χ4n) is 1.11. The van der Waals surface area contributed by atoms with Crippen LogP contribution in [0.3, 0.4) is 0 Å². The van der Waals surface area contributed by atoms with Crippen molar-refractivity contribution >= 4 is 0 Å². The van der Waals surface area contributed by atoms with Gasteiger partial charge in [0.1, 0.15) is 5.75 Å². The number of methoxy groups -OCH3 is 1. The second-order valence-corrected chi connectivity index (χ2v) is 2.52. The summed E-state index contributed by atoms with van der Waals surface area (Å²) in [7, 11) is 1.57. The van der Waals surface area contributed by atoms with Crippen LogP contribution in [0.4, 0.5) is 0 Å². The minimum Gasteiger partial charge on any atom is -0.508 e. The molecule has 66 valence electrons. The summed E-state index contributed by atoms with van der Waals surface area (Å²) in [4.78, 5) is 0. The van der Waals surface area contributed by atoms with Crippen molar-refractivity contribution < 1.29 is 9.84 Å². The minimum atomic E-state index is -0.216. The van der Waals surface area contributed by atoms with Crippen LogP contribution < -0.4 is 5.73 Å². The first-order valence-corrected chi connectivity index (χ1v) is 3.80. The summed E-state index contributed by atoms with van der Waals surface area (Å²) < 4.78 is 5.08. The molecule has 1 atom stereocenters. The van der Waals surface area contributed by atoms with E-state index in [1.54, 1.807) is 25.3 Å². The van der Waals surface area contributed by atoms with Crippen molar-refractivity contribution in [1.82, 2.24) is 0 Å². The van der Waals surface area contributed by atoms with Crippen molar-refractivity contribution in [3.8, 4) is 5.75 Å². The van der Waals surface area contributed by atoms with E-state index in [0.29, 0.717) is 6.54 Å². The van der Waals surface area contributed by atoms with Crippen LogP contribution in [0.2, 0.25) is 0 Å². The highest BCUT2D eigenvalue weighted by Gasteiger charge is 2.11. The summed E-state index contributed by atoms with van der Waals surface area (Å²) in [6.07, 6.45) is -0.216. The first-order valence-electron chi connectivity index (χ1n) is 3.80. The molecule has 0 aliphatic heterocycles. The van der Waals surface area contributed by atoms with Crippen molar-refractivity contribution in [3.05, 3.63) is 29.8 Å². The summed E-state index contributed by atoms with van der Waals surface area (Å²) in [6.45, 7) is 0.369. The zero-order chi connectivity index (χ0) is 8.97. The van der Waals surface area contributed by atoms with E-state index < -0.39 is 0 Å². The fraction of sp³-hybridized carbons (Fsp3) is 0.333. The number of hydrogen-bond donors (Lipinski definition) is 2. The van der Waals surface area contributed by atoms with Crippen LogP contribution >= 0.6 is 0 Å². The Morgan fingerprint density at radius 1 is 1.50 bits per heavy atom. The molecule has 1 unspecified atom stereocenters. The minimum absolute atomic E-state index is 0.216. The van der Waals surface area contributed by atoms with E-state index in [1.165, 1.54) is 0 Å². The van der Waals surface area contributed by atoms with Gasteiger partial charge in [-0.2, -0.15) is 0 Å². The van der Waals surface area contributed by atoms with Crippen molar-refractivity contribution in [2.75, 3.05) is 13.7 Å². The molecule has 0 radical (unpaired) electrons. The number of para-hydroxylation sites is 1. The number of hydrogen-bond acceptors (Lipinski definition) is 3. The maximum Gasteiger partial charge on any atom is 0.121 e. The Bertz CT molecular complexity index is 246. The summed E-state index contributed by atoms with van der Waals surface area (Å²) >= 11 is 0. The molecule has 1 rings (SSSR count). The van der Waals surface area contributed by atoms with Gasteiger partial charge in [0, 0.05) is 19.2 Å². The molecule has 1 aromatic carbocycles. The lowest BCUT2D eigenvalue weighted by molar-refractivity contribution is 0.108. The lowest BCUT2D eigenvalue weighted by Gasteiger charge is -2.13. The molecule has 0 heterocycles. The van der Waals surface area contributed by atoms with E-state index in [0.717, 1.165) is 5.56 Å². The SMILES string of the molecule is COC(CN)c1ccccc1O. The number of ether oxygens (including phenoxy) is 1. The van der Waals surface area contributed by atoms with Crippen molar-refractivity contribution in [1.29, 1.82) is 0 Å². The number of benzene rings is 1. The molecule has 3 heteroatoms. The van der Waals surface area contributed by atoms with Gasteiger partial charge in [-0.1, -0.05) is 18.2 Å². The molecule has 0 saturated heterocycles. The normalized spacial score (nSPS) is 12.8. The van der Waals surface area contributed by atoms with E-state index in [9.17, 15) is 5.11 Å². The number of phenols is 1. The Morgan fingerprint density at radius 2 is 2.17 bits per heavy atom. The van der Waals surface area contributed by atoms with Gasteiger partial charge in [-0.15, -0.1) is 0 Å². The smallest absolute Gasteiger partial charge is 0.121 e. The van der Waals surface area contributed by atoms with E-state index in [-0.39, 0.29) is 11.9 Å². The van der Waals surface area contributed by atoms with Crippen LogP contribution in [0, 0.1) is 0 Å². The van der Waals surface area contributed by atoms with E-state index in [2.05, 4.69) is 0 Å². The molecule has 0 aromatic heterocycles. The number of phenolic OH excluding ortho intramolecular Hbond substituents is 1. The van der Waals surface area contributed by atoms with Gasteiger partial charge in [0.2, 0.25) is 0 Å². The average molecular weight is 167 g/mol. The average Bonchev–Trinajstić information content (AvgIpc) is 2.10. The molecule has 0 spiro atoms. The van der Waals surface area contributed by atoms with Crippen LogP contribution in [-0.2, 0) is 4.74 Å². The summed E-state index contributed by atoms with van der Waals surface area (Å²) in [5.41, 5.74) is 6.19. The standard InChI is InChI=1S/C9H13NO2/c1-12-9(6-10)7-4-2-3-5-8(7)11/h2-5,9,11H,6,10H2,1H3. The Balaban J connectivity index is 2.92. The van der Waals surface area contributed by atoms with Crippen LogP contribution in [0.1, 0.15) is 11.7 Å². The molecular formula is C9H13NO2. The first-order chi connectivity index (χ1) is 5.79. The highest BCUT2D eigenvalue weighted by atomic mass is 16.5. The van der Waals surface area contributed by atoms with E-state index in [4.69, 9.17) is 10.5 Å². The van der Waals surface area contributed by atoms with Gasteiger partial charge in [0.15, 0.2) is 0 Å². The summed E-state index contributed by atoms with van der Waals surface area (Å²) in [5.74, 6) is 0.231. The van der Waals surface area contributed by atoms with Gasteiger partial charge in [-0.05, 0) is 6.07 Å². The highest BCUT2D eigenvalue weighted by molar-refractivity contribution is 5.33. The lowest BCUT2D eigenvalue weighted by Crippen LogP contribution is -2.14. The molecule has 3 nitrogen and oxygen atoms in total. The Hall–Kier alpha value is -1.06. The molecule has 12 heavy (non-hydrogen) atoms. The van der Waals surface area contributed by atoms with Crippen LogP contribution in [-0.4, -0.2) is 18.8 Å². The quantitative estimate of drug-likeness (QED) is 0.707. The maximum atomic E-state index is 9.41. The number of nitrogens with two attached hydrogens (primary N) is 1. The monoisotopic (exact) mass is 167 g/mol. The van der Waals surface area contributed by atoms with Gasteiger partial charge >= 0.3 is 0 Å². The molecular weight excluding hydrogens is 154 g/mol. The van der Waals surface area contributed by atoms with Gasteiger partial charge in [-0.25, -0.2) is 0 Å². The largest absolute Gasteiger partial charge is 0.508 e. The van der Waals surface area contributed by atoms with Gasteiger partial charge < -0.3 is 15.6 Å². The lowest BCUT2D eigenvalue weighted by atomic mass is 10.1. The third-order valence-electron chi connectivity index (χ3n) is 1.78. The molecule has 0 fully saturated rings. The Kier molecular flexibility index (Phi) is 3.08. The topological polar surface area (TPSA) is 55.5 Å².